The molecule has 0 spiro atoms. The molecule has 1 N–H and O–H groups in total. The Bertz CT molecular complexity index is 603. The minimum absolute atomic E-state index is 0.0470. The highest BCUT2D eigenvalue weighted by Crippen LogP contribution is 2.17. The van der Waals surface area contributed by atoms with E-state index in [4.69, 9.17) is 23.2 Å². The van der Waals surface area contributed by atoms with Gasteiger partial charge in [0.15, 0.2) is 0 Å². The lowest BCUT2D eigenvalue weighted by molar-refractivity contribution is 0.102. The summed E-state index contributed by atoms with van der Waals surface area (Å²) >= 11 is 11.5. The summed E-state index contributed by atoms with van der Waals surface area (Å²) in [6.07, 6.45) is 1.56. The number of carbonyl (C=O) groups is 1. The first kappa shape index (κ1) is 12.7. The number of nitrogens with one attached hydrogen (secondary N) is 1. The van der Waals surface area contributed by atoms with Crippen molar-refractivity contribution in [2.24, 2.45) is 0 Å². The second-order valence-corrected chi connectivity index (χ2v) is 4.16. The van der Waals surface area contributed by atoms with E-state index in [9.17, 15) is 4.79 Å². The quantitative estimate of drug-likeness (QED) is 0.860. The Kier molecular flexibility index (Phi) is 3.74. The van der Waals surface area contributed by atoms with Gasteiger partial charge >= 0.3 is 0 Å². The van der Waals surface area contributed by atoms with Crippen molar-refractivity contribution in [1.29, 1.82) is 0 Å². The van der Waals surface area contributed by atoms with Crippen LogP contribution in [0.4, 0.5) is 5.82 Å². The number of amides is 1. The van der Waals surface area contributed by atoms with Gasteiger partial charge in [-0.05, 0) is 25.1 Å². The number of carbonyl (C=O) groups excluding carboxylic acids is 1. The van der Waals surface area contributed by atoms with Gasteiger partial charge in [0.25, 0.3) is 5.91 Å². The van der Waals surface area contributed by atoms with Crippen LogP contribution in [0, 0.1) is 6.92 Å². The number of hydrogen-bond acceptors (Lipinski definition) is 4. The summed E-state index contributed by atoms with van der Waals surface area (Å²) in [7, 11) is 0. The second-order valence-electron chi connectivity index (χ2n) is 3.42. The van der Waals surface area contributed by atoms with Crippen LogP contribution in [0.3, 0.4) is 0 Å². The van der Waals surface area contributed by atoms with E-state index in [1.165, 1.54) is 12.1 Å². The summed E-state index contributed by atoms with van der Waals surface area (Å²) in [4.78, 5) is 23.7. The van der Waals surface area contributed by atoms with Crippen molar-refractivity contribution in [3.8, 4) is 0 Å². The fraction of sp³-hybridized carbons (Fsp3) is 0.0909. The predicted molar refractivity (Wildman–Crippen MR) is 69.0 cm³/mol. The van der Waals surface area contributed by atoms with Crippen molar-refractivity contribution in [1.82, 2.24) is 15.0 Å². The Labute approximate surface area is 113 Å². The summed E-state index contributed by atoms with van der Waals surface area (Å²) in [5.41, 5.74) is 0.234. The van der Waals surface area contributed by atoms with Crippen LogP contribution >= 0.6 is 23.2 Å². The number of aryl methyl sites for hydroxylation is 1. The maximum Gasteiger partial charge on any atom is 0.259 e. The maximum atomic E-state index is 11.9. The third-order valence-electron chi connectivity index (χ3n) is 2.08. The van der Waals surface area contributed by atoms with Gasteiger partial charge in [-0.1, -0.05) is 23.2 Å². The number of nitrogens with zero attached hydrogens (tertiary/aromatic N) is 3. The van der Waals surface area contributed by atoms with E-state index in [0.29, 0.717) is 11.6 Å². The summed E-state index contributed by atoms with van der Waals surface area (Å²) in [5, 5.41) is 2.88. The molecule has 0 fully saturated rings. The molecule has 0 unspecified atom stereocenters. The molecule has 0 aliphatic heterocycles. The van der Waals surface area contributed by atoms with Crippen LogP contribution in [-0.2, 0) is 0 Å². The van der Waals surface area contributed by atoms with Crippen molar-refractivity contribution in [2.45, 2.75) is 6.92 Å². The molecule has 0 aliphatic rings. The van der Waals surface area contributed by atoms with Gasteiger partial charge in [0.2, 0.25) is 0 Å². The molecular formula is C11H8Cl2N4O. The standard InChI is InChI=1S/C11H8Cl2N4O/c1-6-14-5-4-9(15-6)17-11(18)7-2-3-8(12)16-10(7)13/h2-5H,1H3,(H,14,15,17,18). The lowest BCUT2D eigenvalue weighted by atomic mass is 10.2. The van der Waals surface area contributed by atoms with E-state index in [0.717, 1.165) is 0 Å². The molecule has 0 bridgehead atoms. The van der Waals surface area contributed by atoms with Gasteiger partial charge in [-0.25, -0.2) is 15.0 Å². The zero-order chi connectivity index (χ0) is 13.1. The summed E-state index contributed by atoms with van der Waals surface area (Å²) < 4.78 is 0. The van der Waals surface area contributed by atoms with Gasteiger partial charge in [0.1, 0.15) is 21.9 Å². The average molecular weight is 283 g/mol. The van der Waals surface area contributed by atoms with E-state index in [1.54, 1.807) is 19.2 Å². The second kappa shape index (κ2) is 5.29. The number of rotatable bonds is 2. The fourth-order valence-corrected chi connectivity index (χ4v) is 1.72. The topological polar surface area (TPSA) is 67.8 Å². The molecule has 0 aliphatic carbocycles. The van der Waals surface area contributed by atoms with Crippen LogP contribution in [0.15, 0.2) is 24.4 Å². The van der Waals surface area contributed by atoms with E-state index < -0.39 is 5.91 Å². The normalized spacial score (nSPS) is 10.2. The molecule has 2 aromatic rings. The molecule has 18 heavy (non-hydrogen) atoms. The maximum absolute atomic E-state index is 11.9. The molecule has 5 nitrogen and oxygen atoms in total. The minimum Gasteiger partial charge on any atom is -0.306 e. The van der Waals surface area contributed by atoms with Crippen molar-refractivity contribution < 1.29 is 4.79 Å². The van der Waals surface area contributed by atoms with E-state index in [2.05, 4.69) is 20.3 Å². The molecule has 1 amide bonds. The van der Waals surface area contributed by atoms with Gasteiger partial charge < -0.3 is 5.32 Å². The highest BCUT2D eigenvalue weighted by atomic mass is 35.5. The number of pyridine rings is 1. The molecule has 2 heterocycles. The SMILES string of the molecule is Cc1nccc(NC(=O)c2ccc(Cl)nc2Cl)n1. The number of hydrogen-bond donors (Lipinski definition) is 1. The summed E-state index contributed by atoms with van der Waals surface area (Å²) in [6, 6.07) is 4.58. The zero-order valence-corrected chi connectivity index (χ0v) is 10.8. The summed E-state index contributed by atoms with van der Waals surface area (Å²) in [6.45, 7) is 1.73. The molecule has 0 aromatic carbocycles. The number of anilines is 1. The highest BCUT2D eigenvalue weighted by molar-refractivity contribution is 6.35. The van der Waals surface area contributed by atoms with Gasteiger partial charge in [-0.2, -0.15) is 0 Å². The Morgan fingerprint density at radius 2 is 2.00 bits per heavy atom. The number of halogens is 2. The zero-order valence-electron chi connectivity index (χ0n) is 9.32. The Morgan fingerprint density at radius 3 is 2.67 bits per heavy atom. The van der Waals surface area contributed by atoms with Crippen molar-refractivity contribution >= 4 is 34.9 Å². The molecule has 0 saturated heterocycles. The molecule has 0 radical (unpaired) electrons. The summed E-state index contributed by atoms with van der Waals surface area (Å²) in [5.74, 6) is 0.564. The predicted octanol–water partition coefficient (Wildman–Crippen LogP) is 2.74. The smallest absolute Gasteiger partial charge is 0.259 e. The first-order valence-corrected chi connectivity index (χ1v) is 5.75. The Morgan fingerprint density at radius 1 is 1.22 bits per heavy atom. The molecule has 0 saturated carbocycles. The molecule has 0 atom stereocenters. The molecule has 7 heteroatoms. The van der Waals surface area contributed by atoms with Gasteiger partial charge in [-0.15, -0.1) is 0 Å². The van der Waals surface area contributed by atoms with Crippen LogP contribution in [0.1, 0.15) is 16.2 Å². The average Bonchev–Trinajstić information content (AvgIpc) is 2.28. The third kappa shape index (κ3) is 2.94. The lowest BCUT2D eigenvalue weighted by Crippen LogP contribution is -2.14. The number of aromatic nitrogens is 3. The van der Waals surface area contributed by atoms with Crippen LogP contribution in [0.5, 0.6) is 0 Å². The van der Waals surface area contributed by atoms with Crippen LogP contribution in [-0.4, -0.2) is 20.9 Å². The molecule has 2 aromatic heterocycles. The van der Waals surface area contributed by atoms with Crippen molar-refractivity contribution in [2.75, 3.05) is 5.32 Å². The van der Waals surface area contributed by atoms with Gasteiger partial charge in [0, 0.05) is 6.20 Å². The van der Waals surface area contributed by atoms with Crippen LogP contribution in [0.25, 0.3) is 0 Å². The first-order chi connectivity index (χ1) is 8.56. The Balaban J connectivity index is 2.22. The fourth-order valence-electron chi connectivity index (χ4n) is 1.29. The van der Waals surface area contributed by atoms with E-state index in [-0.39, 0.29) is 15.9 Å². The molecule has 92 valence electrons. The largest absolute Gasteiger partial charge is 0.306 e. The van der Waals surface area contributed by atoms with Crippen LogP contribution < -0.4 is 5.32 Å². The first-order valence-electron chi connectivity index (χ1n) is 4.99. The van der Waals surface area contributed by atoms with Crippen LogP contribution in [0.2, 0.25) is 10.3 Å². The monoisotopic (exact) mass is 282 g/mol. The highest BCUT2D eigenvalue weighted by Gasteiger charge is 2.12. The third-order valence-corrected chi connectivity index (χ3v) is 2.58. The van der Waals surface area contributed by atoms with Gasteiger partial charge in [-0.3, -0.25) is 4.79 Å². The lowest BCUT2D eigenvalue weighted by Gasteiger charge is -2.05. The molecular weight excluding hydrogens is 275 g/mol. The Hall–Kier alpha value is -1.72. The van der Waals surface area contributed by atoms with Crippen molar-refractivity contribution in [3.63, 3.8) is 0 Å². The van der Waals surface area contributed by atoms with Gasteiger partial charge in [0.05, 0.1) is 5.56 Å². The van der Waals surface area contributed by atoms with Crippen molar-refractivity contribution in [3.05, 3.63) is 46.1 Å². The molecule has 2 rings (SSSR count). The minimum atomic E-state index is -0.401. The van der Waals surface area contributed by atoms with E-state index in [1.807, 2.05) is 0 Å². The van der Waals surface area contributed by atoms with E-state index >= 15 is 0 Å².